The molecule has 0 atom stereocenters. The Hall–Kier alpha value is -1.60. The molecule has 22 heavy (non-hydrogen) atoms. The quantitative estimate of drug-likeness (QED) is 0.772. The van der Waals surface area contributed by atoms with Gasteiger partial charge in [0.15, 0.2) is 0 Å². The number of benzene rings is 1. The molecule has 1 aromatic carbocycles. The van der Waals surface area contributed by atoms with Gasteiger partial charge in [-0.3, -0.25) is 0 Å². The third-order valence-corrected chi connectivity index (χ3v) is 4.40. The second-order valence-corrected chi connectivity index (χ2v) is 6.30. The van der Waals surface area contributed by atoms with Gasteiger partial charge in [0.2, 0.25) is 0 Å². The molecule has 112 valence electrons. The van der Waals surface area contributed by atoms with Crippen molar-refractivity contribution in [2.45, 2.75) is 31.0 Å². The van der Waals surface area contributed by atoms with E-state index in [1.165, 1.54) is 0 Å². The van der Waals surface area contributed by atoms with Gasteiger partial charge in [-0.25, -0.2) is 4.98 Å². The van der Waals surface area contributed by atoms with Crippen LogP contribution in [-0.2, 0) is 16.8 Å². The topological polar surface area (TPSA) is 45.9 Å². The molecule has 0 N–H and O–H groups in total. The summed E-state index contributed by atoms with van der Waals surface area (Å²) in [5.74, 6) is 0. The van der Waals surface area contributed by atoms with E-state index in [4.69, 9.17) is 27.9 Å². The van der Waals surface area contributed by atoms with E-state index >= 15 is 0 Å². The summed E-state index contributed by atoms with van der Waals surface area (Å²) < 4.78 is 5.87. The summed E-state index contributed by atoms with van der Waals surface area (Å²) in [5, 5.41) is 10.2. The highest BCUT2D eigenvalue weighted by Gasteiger charge is 2.47. The van der Waals surface area contributed by atoms with Gasteiger partial charge in [0.25, 0.3) is 0 Å². The summed E-state index contributed by atoms with van der Waals surface area (Å²) in [4.78, 5) is 3.93. The number of hydrogen-bond acceptors (Lipinski definition) is 3. The monoisotopic (exact) mass is 332 g/mol. The summed E-state index contributed by atoms with van der Waals surface area (Å²) in [7, 11) is 0. The van der Waals surface area contributed by atoms with E-state index in [0.29, 0.717) is 29.8 Å². The summed E-state index contributed by atoms with van der Waals surface area (Å²) in [6, 6.07) is 15.8. The zero-order valence-corrected chi connectivity index (χ0v) is 13.3. The van der Waals surface area contributed by atoms with Gasteiger partial charge in [-0.1, -0.05) is 53.5 Å². The minimum absolute atomic E-state index is 0.0746. The zero-order chi connectivity index (χ0) is 15.6. The third kappa shape index (κ3) is 3.10. The van der Waals surface area contributed by atoms with Crippen molar-refractivity contribution in [1.29, 1.82) is 5.26 Å². The average molecular weight is 333 g/mol. The Morgan fingerprint density at radius 3 is 2.41 bits per heavy atom. The second kappa shape index (κ2) is 6.26. The summed E-state index contributed by atoms with van der Waals surface area (Å²) in [5.41, 5.74) is 1.38. The lowest BCUT2D eigenvalue weighted by molar-refractivity contribution is -0.0391. The first-order chi connectivity index (χ1) is 10.6. The highest BCUT2D eigenvalue weighted by molar-refractivity contribution is 6.32. The van der Waals surface area contributed by atoms with E-state index in [0.717, 1.165) is 11.1 Å². The summed E-state index contributed by atoms with van der Waals surface area (Å²) in [6.07, 6.45) is 1.37. The molecular formula is C17H14Cl2N2O. The predicted octanol–water partition coefficient (Wildman–Crippen LogP) is 4.53. The first kappa shape index (κ1) is 15.3. The first-order valence-corrected chi connectivity index (χ1v) is 7.77. The van der Waals surface area contributed by atoms with E-state index in [9.17, 15) is 5.26 Å². The Morgan fingerprint density at radius 2 is 1.82 bits per heavy atom. The fraction of sp³-hybridized carbons (Fsp3) is 0.294. The highest BCUT2D eigenvalue weighted by atomic mass is 35.5. The Morgan fingerprint density at radius 1 is 1.18 bits per heavy atom. The molecule has 0 bridgehead atoms. The number of nitrogens with zero attached hydrogens (tertiary/aromatic N) is 2. The van der Waals surface area contributed by atoms with Crippen LogP contribution in [-0.4, -0.2) is 11.1 Å². The minimum Gasteiger partial charge on any atom is -0.373 e. The predicted molar refractivity (Wildman–Crippen MR) is 85.8 cm³/mol. The molecule has 1 heterocycles. The zero-order valence-electron chi connectivity index (χ0n) is 11.8. The maximum Gasteiger partial charge on any atom is 0.131 e. The van der Waals surface area contributed by atoms with Crippen LogP contribution >= 0.6 is 23.2 Å². The van der Waals surface area contributed by atoms with E-state index < -0.39 is 5.41 Å². The van der Waals surface area contributed by atoms with Gasteiger partial charge in [-0.05, 0) is 36.1 Å². The molecule has 1 aromatic heterocycles. The lowest BCUT2D eigenvalue weighted by Crippen LogP contribution is -2.45. The lowest BCUT2D eigenvalue weighted by atomic mass is 9.64. The Balaban J connectivity index is 1.65. The van der Waals surface area contributed by atoms with Crippen LogP contribution in [0.25, 0.3) is 0 Å². The fourth-order valence-corrected chi connectivity index (χ4v) is 3.22. The molecule has 0 radical (unpaired) electrons. The number of pyridine rings is 1. The fourth-order valence-electron chi connectivity index (χ4n) is 2.76. The molecule has 1 saturated carbocycles. The minimum atomic E-state index is -0.572. The molecule has 0 spiro atoms. The number of rotatable bonds is 4. The van der Waals surface area contributed by atoms with Crippen molar-refractivity contribution in [3.8, 4) is 6.07 Å². The van der Waals surface area contributed by atoms with Crippen LogP contribution in [0.1, 0.15) is 24.0 Å². The van der Waals surface area contributed by atoms with Gasteiger partial charge in [0, 0.05) is 0 Å². The van der Waals surface area contributed by atoms with Crippen LogP contribution in [0, 0.1) is 11.3 Å². The average Bonchev–Trinajstić information content (AvgIpc) is 2.46. The van der Waals surface area contributed by atoms with Gasteiger partial charge in [-0.2, -0.15) is 5.26 Å². The molecule has 0 amide bonds. The van der Waals surface area contributed by atoms with E-state index in [-0.39, 0.29) is 6.10 Å². The number of ether oxygens (including phenoxy) is 1. The molecule has 1 fully saturated rings. The van der Waals surface area contributed by atoms with Gasteiger partial charge < -0.3 is 4.74 Å². The summed E-state index contributed by atoms with van der Waals surface area (Å²) in [6.45, 7) is 0.560. The Kier molecular flexibility index (Phi) is 4.35. The number of nitriles is 1. The summed E-state index contributed by atoms with van der Waals surface area (Å²) >= 11 is 11.9. The molecule has 1 aliphatic rings. The Labute approximate surface area is 139 Å². The van der Waals surface area contributed by atoms with Crippen molar-refractivity contribution in [3.63, 3.8) is 0 Å². The highest BCUT2D eigenvalue weighted by Crippen LogP contribution is 2.46. The van der Waals surface area contributed by atoms with Gasteiger partial charge in [0.05, 0.1) is 24.2 Å². The van der Waals surface area contributed by atoms with Crippen molar-refractivity contribution < 1.29 is 4.74 Å². The van der Waals surface area contributed by atoms with Crippen molar-refractivity contribution >= 4 is 23.2 Å². The molecule has 3 rings (SSSR count). The maximum absolute atomic E-state index is 9.56. The molecule has 2 aromatic rings. The SMILES string of the molecule is N#CC1(c2cc(Cl)nc(Cl)c2)CC(OCc2ccccc2)C1. The molecule has 3 nitrogen and oxygen atoms in total. The standard InChI is InChI=1S/C17H14Cl2N2O/c18-15-6-13(7-16(19)21-15)17(11-20)8-14(9-17)22-10-12-4-2-1-3-5-12/h1-7,14H,8-10H2. The van der Waals surface area contributed by atoms with Crippen molar-refractivity contribution in [1.82, 2.24) is 4.98 Å². The molecule has 1 aliphatic carbocycles. The maximum atomic E-state index is 9.56. The van der Waals surface area contributed by atoms with Crippen LogP contribution < -0.4 is 0 Å². The van der Waals surface area contributed by atoms with Crippen LogP contribution in [0.3, 0.4) is 0 Å². The number of hydrogen-bond donors (Lipinski definition) is 0. The number of aromatic nitrogens is 1. The Bertz CT molecular complexity index is 686. The molecular weight excluding hydrogens is 319 g/mol. The van der Waals surface area contributed by atoms with Crippen LogP contribution in [0.15, 0.2) is 42.5 Å². The van der Waals surface area contributed by atoms with Crippen molar-refractivity contribution in [3.05, 3.63) is 63.9 Å². The third-order valence-electron chi connectivity index (χ3n) is 4.01. The molecule has 0 aliphatic heterocycles. The van der Waals surface area contributed by atoms with Gasteiger partial charge in [-0.15, -0.1) is 0 Å². The lowest BCUT2D eigenvalue weighted by Gasteiger charge is -2.42. The van der Waals surface area contributed by atoms with Gasteiger partial charge in [0.1, 0.15) is 10.3 Å². The van der Waals surface area contributed by atoms with Crippen molar-refractivity contribution in [2.24, 2.45) is 0 Å². The molecule has 0 unspecified atom stereocenters. The van der Waals surface area contributed by atoms with Crippen LogP contribution in [0.4, 0.5) is 0 Å². The second-order valence-electron chi connectivity index (χ2n) is 5.52. The number of halogens is 2. The molecule has 0 saturated heterocycles. The van der Waals surface area contributed by atoms with Crippen molar-refractivity contribution in [2.75, 3.05) is 0 Å². The van der Waals surface area contributed by atoms with E-state index in [1.807, 2.05) is 30.3 Å². The van der Waals surface area contributed by atoms with Crippen LogP contribution in [0.2, 0.25) is 10.3 Å². The normalized spacial score (nSPS) is 23.6. The van der Waals surface area contributed by atoms with Crippen LogP contribution in [0.5, 0.6) is 0 Å². The smallest absolute Gasteiger partial charge is 0.131 e. The first-order valence-electron chi connectivity index (χ1n) is 7.02. The van der Waals surface area contributed by atoms with Gasteiger partial charge >= 0.3 is 0 Å². The largest absolute Gasteiger partial charge is 0.373 e. The van der Waals surface area contributed by atoms with E-state index in [2.05, 4.69) is 11.1 Å². The van der Waals surface area contributed by atoms with E-state index in [1.54, 1.807) is 12.1 Å². The molecule has 5 heteroatoms.